The predicted octanol–water partition coefficient (Wildman–Crippen LogP) is 5.99. The summed E-state index contributed by atoms with van der Waals surface area (Å²) in [7, 11) is 1.66. The molecular weight excluding hydrogens is 386 g/mol. The van der Waals surface area contributed by atoms with Gasteiger partial charge in [-0.1, -0.05) is 29.8 Å². The molecule has 3 aromatic rings. The van der Waals surface area contributed by atoms with Crippen molar-refractivity contribution in [2.75, 3.05) is 7.11 Å². The lowest BCUT2D eigenvalue weighted by Crippen LogP contribution is -1.93. The number of rotatable bonds is 7. The number of hydrogen-bond acceptors (Lipinski definition) is 5. The normalized spacial score (nSPS) is 11.0. The Hall–Kier alpha value is -2.08. The first kappa shape index (κ1) is 18.7. The fourth-order valence-electron chi connectivity index (χ4n) is 2.30. The second-order valence-electron chi connectivity index (χ2n) is 5.33. The number of benzene rings is 1. The van der Waals surface area contributed by atoms with Crippen LogP contribution < -0.4 is 4.74 Å². The van der Waals surface area contributed by atoms with Crippen molar-refractivity contribution in [1.29, 1.82) is 0 Å². The van der Waals surface area contributed by atoms with Crippen LogP contribution in [0.2, 0.25) is 4.34 Å². The van der Waals surface area contributed by atoms with E-state index in [1.165, 1.54) is 11.3 Å². The van der Waals surface area contributed by atoms with E-state index in [4.69, 9.17) is 16.3 Å². The van der Waals surface area contributed by atoms with Gasteiger partial charge in [-0.25, -0.2) is 4.98 Å². The highest BCUT2D eigenvalue weighted by atomic mass is 35.5. The van der Waals surface area contributed by atoms with Gasteiger partial charge in [0.2, 0.25) is 0 Å². The van der Waals surface area contributed by atoms with Gasteiger partial charge >= 0.3 is 0 Å². The second kappa shape index (κ2) is 9.03. The molecule has 0 spiro atoms. The van der Waals surface area contributed by atoms with E-state index in [9.17, 15) is 4.79 Å². The number of ketones is 1. The summed E-state index contributed by atoms with van der Waals surface area (Å²) in [6.07, 6.45) is 5.16. The molecule has 0 unspecified atom stereocenters. The number of thioether (sulfide) groups is 1. The maximum absolute atomic E-state index is 12.2. The molecule has 0 radical (unpaired) electrons. The third-order valence-corrected chi connectivity index (χ3v) is 5.80. The number of allylic oxidation sites excluding steroid dienone is 1. The number of ether oxygens (including phenoxy) is 1. The van der Waals surface area contributed by atoms with Gasteiger partial charge in [0.1, 0.15) is 5.75 Å². The lowest BCUT2D eigenvalue weighted by Gasteiger charge is -2.09. The lowest BCUT2D eigenvalue weighted by molar-refractivity contribution is 0.105. The van der Waals surface area contributed by atoms with Crippen LogP contribution in [0.4, 0.5) is 0 Å². The number of nitrogens with zero attached hydrogens (tertiary/aromatic N) is 1. The van der Waals surface area contributed by atoms with Crippen molar-refractivity contribution in [2.45, 2.75) is 10.8 Å². The van der Waals surface area contributed by atoms with Gasteiger partial charge in [0.05, 0.1) is 21.3 Å². The summed E-state index contributed by atoms with van der Waals surface area (Å²) < 4.78 is 6.06. The van der Waals surface area contributed by atoms with Crippen LogP contribution in [0.1, 0.15) is 20.8 Å². The lowest BCUT2D eigenvalue weighted by atomic mass is 10.1. The molecule has 26 heavy (non-hydrogen) atoms. The molecule has 0 N–H and O–H groups in total. The summed E-state index contributed by atoms with van der Waals surface area (Å²) in [5.74, 6) is 1.50. The zero-order chi connectivity index (χ0) is 18.4. The predicted molar refractivity (Wildman–Crippen MR) is 109 cm³/mol. The van der Waals surface area contributed by atoms with Crippen molar-refractivity contribution >= 4 is 46.6 Å². The summed E-state index contributed by atoms with van der Waals surface area (Å²) in [5, 5.41) is 0.959. The first-order valence-electron chi connectivity index (χ1n) is 7.84. The van der Waals surface area contributed by atoms with Gasteiger partial charge in [0.25, 0.3) is 0 Å². The van der Waals surface area contributed by atoms with Gasteiger partial charge < -0.3 is 4.74 Å². The highest BCUT2D eigenvalue weighted by Gasteiger charge is 2.07. The van der Waals surface area contributed by atoms with Crippen molar-refractivity contribution in [3.63, 3.8) is 0 Å². The molecule has 1 aromatic carbocycles. The van der Waals surface area contributed by atoms with Crippen LogP contribution in [0.15, 0.2) is 65.8 Å². The number of carbonyl (C=O) groups is 1. The molecule has 0 bridgehead atoms. The van der Waals surface area contributed by atoms with E-state index in [1.54, 1.807) is 43.3 Å². The monoisotopic (exact) mass is 401 g/mol. The topological polar surface area (TPSA) is 39.2 Å². The van der Waals surface area contributed by atoms with Crippen LogP contribution >= 0.6 is 34.7 Å². The molecule has 0 amide bonds. The van der Waals surface area contributed by atoms with Gasteiger partial charge in [0, 0.05) is 17.5 Å². The molecule has 2 heterocycles. The molecule has 132 valence electrons. The zero-order valence-electron chi connectivity index (χ0n) is 14.0. The van der Waals surface area contributed by atoms with Crippen LogP contribution in [-0.2, 0) is 5.75 Å². The minimum Gasteiger partial charge on any atom is -0.496 e. The molecular formula is C20H16ClNO2S2. The summed E-state index contributed by atoms with van der Waals surface area (Å²) in [6.45, 7) is 0. The molecule has 0 saturated heterocycles. The van der Waals surface area contributed by atoms with E-state index in [2.05, 4.69) is 4.98 Å². The van der Waals surface area contributed by atoms with E-state index < -0.39 is 0 Å². The summed E-state index contributed by atoms with van der Waals surface area (Å²) in [5.41, 5.74) is 2.00. The minimum atomic E-state index is -0.0536. The average molecular weight is 402 g/mol. The van der Waals surface area contributed by atoms with Crippen LogP contribution in [0.3, 0.4) is 0 Å². The number of halogens is 1. The fourth-order valence-corrected chi connectivity index (χ4v) is 4.10. The largest absolute Gasteiger partial charge is 0.496 e. The standard InChI is InChI=1S/C20H16ClNO2S2/c1-24-17-8-6-14(5-7-16(23)18-9-10-19(21)26-18)12-15(17)13-25-20-4-2-3-11-22-20/h2-12H,13H2,1H3/b7-5+. The maximum atomic E-state index is 12.2. The van der Waals surface area contributed by atoms with Crippen molar-refractivity contribution in [2.24, 2.45) is 0 Å². The Morgan fingerprint density at radius 3 is 2.85 bits per heavy atom. The molecule has 6 heteroatoms. The quantitative estimate of drug-likeness (QED) is 0.277. The van der Waals surface area contributed by atoms with Crippen molar-refractivity contribution in [3.05, 3.63) is 81.1 Å². The molecule has 0 aliphatic heterocycles. The maximum Gasteiger partial charge on any atom is 0.195 e. The van der Waals surface area contributed by atoms with E-state index in [-0.39, 0.29) is 5.78 Å². The fraction of sp³-hybridized carbons (Fsp3) is 0.100. The van der Waals surface area contributed by atoms with Gasteiger partial charge in [0.15, 0.2) is 5.78 Å². The van der Waals surface area contributed by atoms with Crippen LogP contribution in [0.5, 0.6) is 5.75 Å². The molecule has 2 aromatic heterocycles. The van der Waals surface area contributed by atoms with Crippen LogP contribution in [0.25, 0.3) is 6.08 Å². The SMILES string of the molecule is COc1ccc(/C=C/C(=O)c2ccc(Cl)s2)cc1CSc1ccccn1. The molecule has 0 fully saturated rings. The highest BCUT2D eigenvalue weighted by molar-refractivity contribution is 7.98. The Balaban J connectivity index is 1.74. The molecule has 3 rings (SSSR count). The molecule has 0 aliphatic carbocycles. The van der Waals surface area contributed by atoms with Crippen LogP contribution in [0, 0.1) is 0 Å². The van der Waals surface area contributed by atoms with E-state index in [0.717, 1.165) is 27.7 Å². The number of thiophene rings is 1. The Morgan fingerprint density at radius 2 is 2.15 bits per heavy atom. The number of methoxy groups -OCH3 is 1. The average Bonchev–Trinajstić information content (AvgIpc) is 3.12. The smallest absolute Gasteiger partial charge is 0.195 e. The minimum absolute atomic E-state index is 0.0536. The number of aromatic nitrogens is 1. The Labute approximate surface area is 165 Å². The first-order valence-corrected chi connectivity index (χ1v) is 10.0. The molecule has 0 atom stereocenters. The van der Waals surface area contributed by atoms with Crippen molar-refractivity contribution in [1.82, 2.24) is 4.98 Å². The van der Waals surface area contributed by atoms with Crippen molar-refractivity contribution in [3.8, 4) is 5.75 Å². The van der Waals surface area contributed by atoms with Crippen molar-refractivity contribution < 1.29 is 9.53 Å². The summed E-state index contributed by atoms with van der Waals surface area (Å²) >= 11 is 8.80. The third-order valence-electron chi connectivity index (χ3n) is 3.56. The van der Waals surface area contributed by atoms with E-state index in [1.807, 2.05) is 42.5 Å². The van der Waals surface area contributed by atoms with Crippen LogP contribution in [-0.4, -0.2) is 17.9 Å². The third kappa shape index (κ3) is 4.97. The Kier molecular flexibility index (Phi) is 6.50. The summed E-state index contributed by atoms with van der Waals surface area (Å²) in [6, 6.07) is 15.2. The number of pyridine rings is 1. The first-order chi connectivity index (χ1) is 12.7. The number of hydrogen-bond donors (Lipinski definition) is 0. The van der Waals surface area contributed by atoms with Gasteiger partial charge in [-0.3, -0.25) is 4.79 Å². The Bertz CT molecular complexity index is 923. The summed E-state index contributed by atoms with van der Waals surface area (Å²) in [4.78, 5) is 17.1. The van der Waals surface area contributed by atoms with Gasteiger partial charge in [-0.15, -0.1) is 23.1 Å². The van der Waals surface area contributed by atoms with Gasteiger partial charge in [-0.2, -0.15) is 0 Å². The molecule has 3 nitrogen and oxygen atoms in total. The second-order valence-corrected chi connectivity index (χ2v) is 8.04. The van der Waals surface area contributed by atoms with Gasteiger partial charge in [-0.05, 0) is 48.0 Å². The van der Waals surface area contributed by atoms with E-state index >= 15 is 0 Å². The Morgan fingerprint density at radius 1 is 1.27 bits per heavy atom. The number of carbonyl (C=O) groups excluding carboxylic acids is 1. The van der Waals surface area contributed by atoms with E-state index in [0.29, 0.717) is 9.21 Å². The highest BCUT2D eigenvalue weighted by Crippen LogP contribution is 2.28. The molecule has 0 aliphatic rings. The molecule has 0 saturated carbocycles. The zero-order valence-corrected chi connectivity index (χ0v) is 16.4.